The monoisotopic (exact) mass is 270 g/mol. The van der Waals surface area contributed by atoms with Crippen molar-refractivity contribution in [3.05, 3.63) is 70.2 Å². The van der Waals surface area contributed by atoms with Crippen LogP contribution < -0.4 is 5.32 Å². The first-order chi connectivity index (χ1) is 9.19. The molecule has 0 spiro atoms. The molecule has 96 valence electrons. The third kappa shape index (κ3) is 3.82. The van der Waals surface area contributed by atoms with Crippen molar-refractivity contribution in [3.8, 4) is 6.07 Å². The minimum atomic E-state index is 0.239. The molecule has 1 atom stereocenters. The molecule has 0 aromatic heterocycles. The molecular weight excluding hydrogens is 256 g/mol. The Bertz CT molecular complexity index is 584. The van der Waals surface area contributed by atoms with Crippen molar-refractivity contribution in [1.29, 1.82) is 5.26 Å². The number of benzene rings is 2. The third-order valence-electron chi connectivity index (χ3n) is 3.04. The van der Waals surface area contributed by atoms with Crippen LogP contribution in [0.2, 0.25) is 5.02 Å². The van der Waals surface area contributed by atoms with Gasteiger partial charge in [-0.15, -0.1) is 0 Å². The van der Waals surface area contributed by atoms with Gasteiger partial charge in [0, 0.05) is 17.6 Å². The van der Waals surface area contributed by atoms with Gasteiger partial charge in [-0.1, -0.05) is 35.9 Å². The van der Waals surface area contributed by atoms with Gasteiger partial charge in [0.2, 0.25) is 0 Å². The van der Waals surface area contributed by atoms with E-state index in [2.05, 4.69) is 18.3 Å². The van der Waals surface area contributed by atoms with Gasteiger partial charge in [0.05, 0.1) is 11.6 Å². The van der Waals surface area contributed by atoms with Crippen LogP contribution in [-0.2, 0) is 6.54 Å². The molecule has 0 fully saturated rings. The lowest BCUT2D eigenvalue weighted by molar-refractivity contribution is 0.574. The Morgan fingerprint density at radius 3 is 2.63 bits per heavy atom. The minimum Gasteiger partial charge on any atom is -0.306 e. The highest BCUT2D eigenvalue weighted by Gasteiger charge is 2.04. The van der Waals surface area contributed by atoms with Gasteiger partial charge in [-0.3, -0.25) is 0 Å². The Morgan fingerprint density at radius 2 is 1.95 bits per heavy atom. The smallest absolute Gasteiger partial charge is 0.0991 e. The van der Waals surface area contributed by atoms with Gasteiger partial charge in [0.15, 0.2) is 0 Å². The van der Waals surface area contributed by atoms with Crippen LogP contribution in [0.3, 0.4) is 0 Å². The minimum absolute atomic E-state index is 0.239. The van der Waals surface area contributed by atoms with Crippen molar-refractivity contribution in [3.63, 3.8) is 0 Å². The summed E-state index contributed by atoms with van der Waals surface area (Å²) in [4.78, 5) is 0. The molecule has 0 saturated heterocycles. The molecule has 2 aromatic carbocycles. The zero-order valence-electron chi connectivity index (χ0n) is 10.7. The molecule has 0 saturated carbocycles. The summed E-state index contributed by atoms with van der Waals surface area (Å²) in [5.41, 5.74) is 3.00. The molecule has 19 heavy (non-hydrogen) atoms. The van der Waals surface area contributed by atoms with E-state index in [1.165, 1.54) is 5.56 Å². The number of halogens is 1. The van der Waals surface area contributed by atoms with Crippen molar-refractivity contribution in [1.82, 2.24) is 5.32 Å². The summed E-state index contributed by atoms with van der Waals surface area (Å²) in [7, 11) is 0. The van der Waals surface area contributed by atoms with Gasteiger partial charge in [-0.05, 0) is 42.3 Å². The number of hydrogen-bond donors (Lipinski definition) is 1. The van der Waals surface area contributed by atoms with Gasteiger partial charge in [-0.25, -0.2) is 0 Å². The van der Waals surface area contributed by atoms with E-state index in [1.54, 1.807) is 0 Å². The van der Waals surface area contributed by atoms with E-state index in [4.69, 9.17) is 16.9 Å². The number of hydrogen-bond acceptors (Lipinski definition) is 2. The van der Waals surface area contributed by atoms with Crippen LogP contribution in [-0.4, -0.2) is 0 Å². The van der Waals surface area contributed by atoms with E-state index in [9.17, 15) is 0 Å². The quantitative estimate of drug-likeness (QED) is 0.909. The number of nitrogens with one attached hydrogen (secondary N) is 1. The normalized spacial score (nSPS) is 11.8. The molecule has 0 bridgehead atoms. The summed E-state index contributed by atoms with van der Waals surface area (Å²) in [5.74, 6) is 0. The second-order valence-electron chi connectivity index (χ2n) is 4.47. The number of nitriles is 1. The topological polar surface area (TPSA) is 35.8 Å². The fourth-order valence-corrected chi connectivity index (χ4v) is 2.02. The summed E-state index contributed by atoms with van der Waals surface area (Å²) in [6.45, 7) is 2.84. The Kier molecular flexibility index (Phi) is 4.57. The summed E-state index contributed by atoms with van der Waals surface area (Å²) in [6, 6.07) is 17.9. The Labute approximate surface area is 118 Å². The standard InChI is InChI=1S/C16H15ClN2/c1-12(15-5-7-16(17)8-6-15)19-11-14-4-2-3-13(9-14)10-18/h2-9,12,19H,11H2,1H3/t12-/m0/s1. The lowest BCUT2D eigenvalue weighted by Gasteiger charge is -2.14. The van der Waals surface area contributed by atoms with Crippen LogP contribution in [0, 0.1) is 11.3 Å². The van der Waals surface area contributed by atoms with Gasteiger partial charge >= 0.3 is 0 Å². The Balaban J connectivity index is 1.98. The van der Waals surface area contributed by atoms with Crippen LogP contribution in [0.4, 0.5) is 0 Å². The zero-order valence-corrected chi connectivity index (χ0v) is 11.5. The molecule has 1 N–H and O–H groups in total. The maximum atomic E-state index is 8.86. The molecule has 0 unspecified atom stereocenters. The van der Waals surface area contributed by atoms with E-state index < -0.39 is 0 Å². The first-order valence-corrected chi connectivity index (χ1v) is 6.55. The van der Waals surface area contributed by atoms with Crippen LogP contribution >= 0.6 is 11.6 Å². The third-order valence-corrected chi connectivity index (χ3v) is 3.29. The molecule has 2 nitrogen and oxygen atoms in total. The molecule has 0 aliphatic heterocycles. The van der Waals surface area contributed by atoms with Gasteiger partial charge in [0.1, 0.15) is 0 Å². The summed E-state index contributed by atoms with van der Waals surface area (Å²) in [5, 5.41) is 13.0. The highest BCUT2D eigenvalue weighted by molar-refractivity contribution is 6.30. The summed E-state index contributed by atoms with van der Waals surface area (Å²) in [6.07, 6.45) is 0. The van der Waals surface area contributed by atoms with E-state index in [0.29, 0.717) is 5.56 Å². The summed E-state index contributed by atoms with van der Waals surface area (Å²) >= 11 is 5.87. The number of nitrogens with zero attached hydrogens (tertiary/aromatic N) is 1. The second kappa shape index (κ2) is 6.38. The molecule has 0 heterocycles. The molecule has 2 aromatic rings. The first-order valence-electron chi connectivity index (χ1n) is 6.17. The molecule has 0 aliphatic rings. The van der Waals surface area contributed by atoms with Crippen LogP contribution in [0.25, 0.3) is 0 Å². The molecule has 0 aliphatic carbocycles. The van der Waals surface area contributed by atoms with Crippen molar-refractivity contribution in [2.75, 3.05) is 0 Å². The van der Waals surface area contributed by atoms with Gasteiger partial charge in [-0.2, -0.15) is 5.26 Å². The van der Waals surface area contributed by atoms with E-state index >= 15 is 0 Å². The van der Waals surface area contributed by atoms with Crippen molar-refractivity contribution < 1.29 is 0 Å². The van der Waals surface area contributed by atoms with E-state index in [0.717, 1.165) is 17.1 Å². The maximum absolute atomic E-state index is 8.86. The van der Waals surface area contributed by atoms with E-state index in [1.807, 2.05) is 48.5 Å². The summed E-state index contributed by atoms with van der Waals surface area (Å²) < 4.78 is 0. The highest BCUT2D eigenvalue weighted by Crippen LogP contribution is 2.16. The van der Waals surface area contributed by atoms with Crippen molar-refractivity contribution in [2.24, 2.45) is 0 Å². The second-order valence-corrected chi connectivity index (χ2v) is 4.90. The molecule has 0 amide bonds. The van der Waals surface area contributed by atoms with Crippen molar-refractivity contribution >= 4 is 11.6 Å². The average Bonchev–Trinajstić information content (AvgIpc) is 2.46. The number of rotatable bonds is 4. The lowest BCUT2D eigenvalue weighted by atomic mass is 10.1. The largest absolute Gasteiger partial charge is 0.306 e. The zero-order chi connectivity index (χ0) is 13.7. The van der Waals surface area contributed by atoms with E-state index in [-0.39, 0.29) is 6.04 Å². The SMILES string of the molecule is C[C@H](NCc1cccc(C#N)c1)c1ccc(Cl)cc1. The van der Waals surface area contributed by atoms with Crippen molar-refractivity contribution in [2.45, 2.75) is 19.5 Å². The fourth-order valence-electron chi connectivity index (χ4n) is 1.89. The van der Waals surface area contributed by atoms with Gasteiger partial charge in [0.25, 0.3) is 0 Å². The first kappa shape index (κ1) is 13.6. The van der Waals surface area contributed by atoms with Crippen LogP contribution in [0.1, 0.15) is 29.7 Å². The maximum Gasteiger partial charge on any atom is 0.0991 e. The predicted molar refractivity (Wildman–Crippen MR) is 77.9 cm³/mol. The lowest BCUT2D eigenvalue weighted by Crippen LogP contribution is -2.18. The Hall–Kier alpha value is -1.82. The van der Waals surface area contributed by atoms with Crippen LogP contribution in [0.15, 0.2) is 48.5 Å². The van der Waals surface area contributed by atoms with Crippen LogP contribution in [0.5, 0.6) is 0 Å². The van der Waals surface area contributed by atoms with Gasteiger partial charge < -0.3 is 5.32 Å². The fraction of sp³-hybridized carbons (Fsp3) is 0.188. The molecule has 0 radical (unpaired) electrons. The Morgan fingerprint density at radius 1 is 1.21 bits per heavy atom. The molecular formula is C16H15ClN2. The average molecular weight is 271 g/mol. The molecule has 3 heteroatoms. The molecule has 2 rings (SSSR count). The highest BCUT2D eigenvalue weighted by atomic mass is 35.5. The predicted octanol–water partition coefficient (Wildman–Crippen LogP) is 4.06.